The third-order valence-electron chi connectivity index (χ3n) is 7.88. The second-order valence-electron chi connectivity index (χ2n) is 12.2. The maximum atomic E-state index is 12.2. The highest BCUT2D eigenvalue weighted by atomic mass is 16.3. The predicted molar refractivity (Wildman–Crippen MR) is 185 cm³/mol. The van der Waals surface area contributed by atoms with E-state index < -0.39 is 6.10 Å². The lowest BCUT2D eigenvalue weighted by Crippen LogP contribution is -2.35. The minimum atomic E-state index is -0.900. The second-order valence-corrected chi connectivity index (χ2v) is 12.2. The number of carbonyl (C=O) groups excluding carboxylic acids is 1. The number of allylic oxidation sites excluding steroid dienone is 18. The Hall–Kier alpha value is -3.79. The van der Waals surface area contributed by atoms with E-state index in [0.717, 1.165) is 44.6 Å². The largest absolute Gasteiger partial charge is 0.392 e. The van der Waals surface area contributed by atoms with Crippen LogP contribution >= 0.6 is 0 Å². The Labute approximate surface area is 260 Å². The summed E-state index contributed by atoms with van der Waals surface area (Å²) >= 11 is 0. The molecule has 0 saturated carbocycles. The van der Waals surface area contributed by atoms with Crippen LogP contribution in [0, 0.1) is 19.3 Å². The van der Waals surface area contributed by atoms with Crippen LogP contribution < -0.4 is 0 Å². The van der Waals surface area contributed by atoms with Gasteiger partial charge in [0.2, 0.25) is 0 Å². The molecule has 3 nitrogen and oxygen atoms in total. The van der Waals surface area contributed by atoms with Gasteiger partial charge in [-0.1, -0.05) is 133 Å². The number of hydrogen-bond donors (Lipinski definition) is 2. The number of hydrogen-bond acceptors (Lipinski definition) is 3. The SMILES string of the molecule is CC(C=CC=C(C)C=CC1=C(C)C(=O)C(O)CC1(C)C)=CC=CC=C(C)C=CC=C(C)C=Cc1ccc(C)c(C)c1CO. The molecule has 1 aromatic carbocycles. The molecule has 0 aromatic heterocycles. The van der Waals surface area contributed by atoms with Gasteiger partial charge in [0, 0.05) is 0 Å². The fourth-order valence-electron chi connectivity index (χ4n) is 4.96. The number of benzene rings is 1. The zero-order valence-corrected chi connectivity index (χ0v) is 27.5. The van der Waals surface area contributed by atoms with Crippen LogP contribution in [-0.4, -0.2) is 22.1 Å². The van der Waals surface area contributed by atoms with Gasteiger partial charge < -0.3 is 10.2 Å². The zero-order valence-electron chi connectivity index (χ0n) is 27.5. The van der Waals surface area contributed by atoms with Gasteiger partial charge in [-0.15, -0.1) is 0 Å². The number of aliphatic hydroxyl groups is 2. The Bertz CT molecular complexity index is 1470. The summed E-state index contributed by atoms with van der Waals surface area (Å²) in [6.45, 7) is 18.3. The van der Waals surface area contributed by atoms with Crippen LogP contribution in [-0.2, 0) is 11.4 Å². The van der Waals surface area contributed by atoms with Gasteiger partial charge in [-0.25, -0.2) is 0 Å². The van der Waals surface area contributed by atoms with Crippen molar-refractivity contribution in [3.8, 4) is 0 Å². The van der Waals surface area contributed by atoms with Gasteiger partial charge in [-0.3, -0.25) is 4.79 Å². The third-order valence-corrected chi connectivity index (χ3v) is 7.88. The lowest BCUT2D eigenvalue weighted by molar-refractivity contribution is -0.125. The number of carbonyl (C=O) groups is 1. The molecule has 1 unspecified atom stereocenters. The molecule has 0 heterocycles. The van der Waals surface area contributed by atoms with E-state index in [-0.39, 0.29) is 17.8 Å². The minimum Gasteiger partial charge on any atom is -0.392 e. The second kappa shape index (κ2) is 16.7. The Kier molecular flexibility index (Phi) is 13.8. The summed E-state index contributed by atoms with van der Waals surface area (Å²) in [5.74, 6) is -0.169. The molecule has 228 valence electrons. The minimum absolute atomic E-state index is 0.0439. The van der Waals surface area contributed by atoms with Crippen molar-refractivity contribution in [1.82, 2.24) is 0 Å². The van der Waals surface area contributed by atoms with Gasteiger partial charge in [0.25, 0.3) is 0 Å². The smallest absolute Gasteiger partial charge is 0.187 e. The van der Waals surface area contributed by atoms with E-state index >= 15 is 0 Å². The average Bonchev–Trinajstić information content (AvgIpc) is 2.94. The van der Waals surface area contributed by atoms with Crippen molar-refractivity contribution in [2.24, 2.45) is 5.41 Å². The van der Waals surface area contributed by atoms with E-state index in [4.69, 9.17) is 0 Å². The Morgan fingerprint density at radius 3 is 1.81 bits per heavy atom. The summed E-state index contributed by atoms with van der Waals surface area (Å²) in [6.07, 6.45) is 28.3. The first-order valence-electron chi connectivity index (χ1n) is 15.0. The van der Waals surface area contributed by atoms with Gasteiger partial charge in [0.05, 0.1) is 6.61 Å². The first kappa shape index (κ1) is 35.4. The van der Waals surface area contributed by atoms with Crippen molar-refractivity contribution in [2.45, 2.75) is 81.4 Å². The van der Waals surface area contributed by atoms with Crippen molar-refractivity contribution >= 4 is 11.9 Å². The van der Waals surface area contributed by atoms with E-state index in [1.807, 2.05) is 49.5 Å². The molecule has 0 amide bonds. The van der Waals surface area contributed by atoms with Crippen molar-refractivity contribution < 1.29 is 15.0 Å². The quantitative estimate of drug-likeness (QED) is 0.257. The van der Waals surface area contributed by atoms with E-state index in [1.54, 1.807) is 6.92 Å². The maximum absolute atomic E-state index is 12.2. The van der Waals surface area contributed by atoms with Gasteiger partial charge >= 0.3 is 0 Å². The van der Waals surface area contributed by atoms with E-state index in [0.29, 0.717) is 12.0 Å². The number of aliphatic hydroxyl groups excluding tert-OH is 2. The Morgan fingerprint density at radius 1 is 0.791 bits per heavy atom. The van der Waals surface area contributed by atoms with Crippen molar-refractivity contribution in [1.29, 1.82) is 0 Å². The molecule has 3 heteroatoms. The van der Waals surface area contributed by atoms with Crippen LogP contribution in [0.1, 0.15) is 77.1 Å². The van der Waals surface area contributed by atoms with Crippen molar-refractivity contribution in [2.75, 3.05) is 0 Å². The van der Waals surface area contributed by atoms with Gasteiger partial charge in [-0.05, 0) is 93.7 Å². The van der Waals surface area contributed by atoms with Crippen molar-refractivity contribution in [3.05, 3.63) is 147 Å². The van der Waals surface area contributed by atoms with E-state index in [2.05, 4.69) is 103 Å². The lowest BCUT2D eigenvalue weighted by Gasteiger charge is -2.34. The molecule has 0 saturated heterocycles. The molecule has 2 N–H and O–H groups in total. The van der Waals surface area contributed by atoms with E-state index in [1.165, 1.54) is 5.56 Å². The fraction of sp³-hybridized carbons (Fsp3) is 0.325. The maximum Gasteiger partial charge on any atom is 0.187 e. The first-order chi connectivity index (χ1) is 20.3. The van der Waals surface area contributed by atoms with Crippen molar-refractivity contribution in [3.63, 3.8) is 0 Å². The molecule has 0 spiro atoms. The average molecular weight is 579 g/mol. The molecular weight excluding hydrogens is 528 g/mol. The highest BCUT2D eigenvalue weighted by Gasteiger charge is 2.36. The number of rotatable bonds is 11. The first-order valence-corrected chi connectivity index (χ1v) is 15.0. The molecule has 43 heavy (non-hydrogen) atoms. The molecule has 1 aliphatic carbocycles. The standard InChI is InChI=1S/C40H50O3/c1-28(16-12-18-30(3)20-23-35-24-22-32(5)33(6)36(35)27-41)14-10-11-15-29(2)17-13-19-31(4)21-25-37-34(7)39(43)38(42)26-40(37,8)9/h10-25,38,41-42H,26-27H2,1-9H3. The topological polar surface area (TPSA) is 57.5 Å². The highest BCUT2D eigenvalue weighted by Crippen LogP contribution is 2.39. The van der Waals surface area contributed by atoms with Crippen LogP contribution in [0.2, 0.25) is 0 Å². The van der Waals surface area contributed by atoms with Crippen LogP contribution in [0.3, 0.4) is 0 Å². The fourth-order valence-corrected chi connectivity index (χ4v) is 4.96. The molecule has 0 radical (unpaired) electrons. The van der Waals surface area contributed by atoms with Crippen LogP contribution in [0.5, 0.6) is 0 Å². The van der Waals surface area contributed by atoms with Crippen LogP contribution in [0.25, 0.3) is 6.08 Å². The highest BCUT2D eigenvalue weighted by molar-refractivity contribution is 6.00. The molecule has 1 aliphatic rings. The molecule has 1 atom stereocenters. The normalized spacial score (nSPS) is 19.5. The number of Topliss-reactive ketones (excluding diaryl/α,β-unsaturated/α-hetero) is 1. The predicted octanol–water partition coefficient (Wildman–Crippen LogP) is 9.50. The third kappa shape index (κ3) is 11.1. The van der Waals surface area contributed by atoms with Gasteiger partial charge in [0.1, 0.15) is 6.10 Å². The Morgan fingerprint density at radius 2 is 1.28 bits per heavy atom. The van der Waals surface area contributed by atoms with Gasteiger partial charge in [0.15, 0.2) is 5.78 Å². The molecule has 1 aromatic rings. The number of aryl methyl sites for hydroxylation is 1. The van der Waals surface area contributed by atoms with E-state index in [9.17, 15) is 15.0 Å². The summed E-state index contributed by atoms with van der Waals surface area (Å²) in [5, 5.41) is 19.8. The molecular formula is C40H50O3. The molecule has 2 rings (SSSR count). The summed E-state index contributed by atoms with van der Waals surface area (Å²) in [7, 11) is 0. The summed E-state index contributed by atoms with van der Waals surface area (Å²) in [5.41, 5.74) is 10.3. The van der Waals surface area contributed by atoms with Crippen LogP contribution in [0.15, 0.2) is 125 Å². The van der Waals surface area contributed by atoms with Gasteiger partial charge in [-0.2, -0.15) is 0 Å². The summed E-state index contributed by atoms with van der Waals surface area (Å²) < 4.78 is 0. The summed E-state index contributed by atoms with van der Waals surface area (Å²) in [4.78, 5) is 12.2. The molecule has 0 bridgehead atoms. The molecule has 0 aliphatic heterocycles. The zero-order chi connectivity index (χ0) is 32.2. The molecule has 0 fully saturated rings. The number of ketones is 1. The lowest BCUT2D eigenvalue weighted by atomic mass is 9.71. The monoisotopic (exact) mass is 578 g/mol. The Balaban J connectivity index is 1.94. The summed E-state index contributed by atoms with van der Waals surface area (Å²) in [6, 6.07) is 4.15. The van der Waals surface area contributed by atoms with Crippen LogP contribution in [0.4, 0.5) is 0 Å².